The van der Waals surface area contributed by atoms with Crippen molar-refractivity contribution < 1.29 is 14.6 Å². The third kappa shape index (κ3) is 4.19. The number of piperidine rings is 1. The molecule has 34 heavy (non-hydrogen) atoms. The first-order valence-corrected chi connectivity index (χ1v) is 11.8. The fourth-order valence-electron chi connectivity index (χ4n) is 5.41. The molecule has 0 saturated carbocycles. The molecule has 1 fully saturated rings. The Morgan fingerprint density at radius 1 is 1.09 bits per heavy atom. The summed E-state index contributed by atoms with van der Waals surface area (Å²) in [5, 5.41) is 10.6. The minimum atomic E-state index is -0.895. The Balaban J connectivity index is 1.51. The van der Waals surface area contributed by atoms with Crippen molar-refractivity contribution in [1.29, 1.82) is 0 Å². The number of rotatable bonds is 6. The molecule has 1 aromatic heterocycles. The molecule has 0 bridgehead atoms. The predicted octanol–water partition coefficient (Wildman–Crippen LogP) is 6.30. The molecule has 1 saturated heterocycles. The Morgan fingerprint density at radius 3 is 2.56 bits per heavy atom. The van der Waals surface area contributed by atoms with Gasteiger partial charge < -0.3 is 14.8 Å². The SMILES string of the molecule is COc1cc(C)c2[nH]ccc2c1CN1CCC(c2ccccc2)CC1c1ccc(C(=O)O)cc1. The van der Waals surface area contributed by atoms with Crippen LogP contribution in [0.1, 0.15) is 57.4 Å². The number of aromatic carboxylic acids is 1. The number of carboxylic acid groups (broad SMARTS) is 1. The van der Waals surface area contributed by atoms with Crippen LogP contribution >= 0.6 is 0 Å². The van der Waals surface area contributed by atoms with Gasteiger partial charge in [0.25, 0.3) is 0 Å². The van der Waals surface area contributed by atoms with Gasteiger partial charge in [0.15, 0.2) is 0 Å². The van der Waals surface area contributed by atoms with Gasteiger partial charge in [-0.3, -0.25) is 4.90 Å². The van der Waals surface area contributed by atoms with Gasteiger partial charge in [0.05, 0.1) is 12.7 Å². The van der Waals surface area contributed by atoms with Crippen LogP contribution in [0.3, 0.4) is 0 Å². The smallest absolute Gasteiger partial charge is 0.335 e. The molecule has 2 N–H and O–H groups in total. The monoisotopic (exact) mass is 454 g/mol. The first kappa shape index (κ1) is 22.2. The number of hydrogen-bond acceptors (Lipinski definition) is 3. The van der Waals surface area contributed by atoms with E-state index in [1.807, 2.05) is 18.3 Å². The first-order valence-electron chi connectivity index (χ1n) is 11.8. The second kappa shape index (κ2) is 9.35. The molecule has 2 heterocycles. The van der Waals surface area contributed by atoms with Crippen LogP contribution in [0.5, 0.6) is 5.75 Å². The van der Waals surface area contributed by atoms with Crippen LogP contribution in [0.2, 0.25) is 0 Å². The number of benzene rings is 3. The highest BCUT2D eigenvalue weighted by molar-refractivity contribution is 5.88. The number of carboxylic acids is 1. The first-order chi connectivity index (χ1) is 16.5. The molecule has 0 radical (unpaired) electrons. The number of aromatic amines is 1. The summed E-state index contributed by atoms with van der Waals surface area (Å²) in [4.78, 5) is 17.3. The van der Waals surface area contributed by atoms with Crippen LogP contribution in [0.15, 0.2) is 72.9 Å². The molecule has 1 aliphatic heterocycles. The van der Waals surface area contributed by atoms with Crippen LogP contribution in [0, 0.1) is 6.92 Å². The zero-order valence-corrected chi connectivity index (χ0v) is 19.6. The van der Waals surface area contributed by atoms with Crippen LogP contribution in [-0.4, -0.2) is 34.6 Å². The largest absolute Gasteiger partial charge is 0.496 e. The number of nitrogens with one attached hydrogen (secondary N) is 1. The van der Waals surface area contributed by atoms with Gasteiger partial charge in [0, 0.05) is 35.2 Å². The lowest BCUT2D eigenvalue weighted by atomic mass is 9.82. The van der Waals surface area contributed by atoms with Crippen molar-refractivity contribution in [3.8, 4) is 5.75 Å². The van der Waals surface area contributed by atoms with Crippen LogP contribution in [0.4, 0.5) is 0 Å². The summed E-state index contributed by atoms with van der Waals surface area (Å²) >= 11 is 0. The number of hydrogen-bond donors (Lipinski definition) is 2. The summed E-state index contributed by atoms with van der Waals surface area (Å²) in [6.07, 6.45) is 4.06. The minimum Gasteiger partial charge on any atom is -0.496 e. The number of nitrogens with zero attached hydrogens (tertiary/aromatic N) is 1. The summed E-state index contributed by atoms with van der Waals surface area (Å²) in [6, 6.07) is 22.5. The average molecular weight is 455 g/mol. The summed E-state index contributed by atoms with van der Waals surface area (Å²) in [5.74, 6) is 0.483. The Hall–Kier alpha value is -3.57. The summed E-state index contributed by atoms with van der Waals surface area (Å²) in [5.41, 5.74) is 6.36. The highest BCUT2D eigenvalue weighted by Crippen LogP contribution is 2.42. The maximum Gasteiger partial charge on any atom is 0.335 e. The average Bonchev–Trinajstić information content (AvgIpc) is 3.37. The van der Waals surface area contributed by atoms with E-state index in [2.05, 4.69) is 59.3 Å². The number of aryl methyl sites for hydroxylation is 1. The maximum atomic E-state index is 11.4. The molecule has 3 aromatic carbocycles. The number of fused-ring (bicyclic) bond motifs is 1. The minimum absolute atomic E-state index is 0.182. The van der Waals surface area contributed by atoms with Crippen molar-refractivity contribution in [3.63, 3.8) is 0 Å². The van der Waals surface area contributed by atoms with Gasteiger partial charge in [0.1, 0.15) is 5.75 Å². The molecule has 174 valence electrons. The third-order valence-electron chi connectivity index (χ3n) is 7.22. The molecule has 2 atom stereocenters. The van der Waals surface area contributed by atoms with E-state index in [1.165, 1.54) is 22.1 Å². The van der Waals surface area contributed by atoms with Crippen molar-refractivity contribution >= 4 is 16.9 Å². The van der Waals surface area contributed by atoms with E-state index in [0.717, 1.165) is 42.8 Å². The molecule has 5 heteroatoms. The van der Waals surface area contributed by atoms with Gasteiger partial charge in [-0.1, -0.05) is 42.5 Å². The number of carbonyl (C=O) groups is 1. The van der Waals surface area contributed by atoms with Crippen molar-refractivity contribution in [2.45, 2.75) is 38.3 Å². The van der Waals surface area contributed by atoms with Crippen molar-refractivity contribution in [1.82, 2.24) is 9.88 Å². The molecule has 2 unspecified atom stereocenters. The van der Waals surface area contributed by atoms with Gasteiger partial charge >= 0.3 is 5.97 Å². The van der Waals surface area contributed by atoms with E-state index in [0.29, 0.717) is 11.5 Å². The lowest BCUT2D eigenvalue weighted by molar-refractivity contribution is 0.0696. The number of likely N-dealkylation sites (tertiary alicyclic amines) is 1. The van der Waals surface area contributed by atoms with E-state index in [9.17, 15) is 9.90 Å². The number of aromatic nitrogens is 1. The summed E-state index contributed by atoms with van der Waals surface area (Å²) in [6.45, 7) is 3.82. The zero-order chi connectivity index (χ0) is 23.7. The van der Waals surface area contributed by atoms with Gasteiger partial charge in [0.2, 0.25) is 0 Å². The topological polar surface area (TPSA) is 65.6 Å². The van der Waals surface area contributed by atoms with E-state index >= 15 is 0 Å². The zero-order valence-electron chi connectivity index (χ0n) is 19.6. The molecule has 1 aliphatic rings. The van der Waals surface area contributed by atoms with E-state index in [-0.39, 0.29) is 6.04 Å². The molecule has 5 nitrogen and oxygen atoms in total. The second-order valence-corrected chi connectivity index (χ2v) is 9.19. The lowest BCUT2D eigenvalue weighted by Gasteiger charge is -2.40. The summed E-state index contributed by atoms with van der Waals surface area (Å²) in [7, 11) is 1.74. The second-order valence-electron chi connectivity index (χ2n) is 9.19. The number of methoxy groups -OCH3 is 1. The third-order valence-corrected chi connectivity index (χ3v) is 7.22. The molecule has 4 aromatic rings. The lowest BCUT2D eigenvalue weighted by Crippen LogP contribution is -2.36. The van der Waals surface area contributed by atoms with Crippen LogP contribution in [-0.2, 0) is 6.54 Å². The quantitative estimate of drug-likeness (QED) is 0.359. The number of H-pyrrole nitrogens is 1. The van der Waals surface area contributed by atoms with Gasteiger partial charge in [-0.2, -0.15) is 0 Å². The molecule has 5 rings (SSSR count). The normalized spacial score (nSPS) is 18.8. The van der Waals surface area contributed by atoms with Crippen LogP contribution in [0.25, 0.3) is 10.9 Å². The highest BCUT2D eigenvalue weighted by Gasteiger charge is 2.31. The number of ether oxygens (including phenoxy) is 1. The predicted molar refractivity (Wildman–Crippen MR) is 135 cm³/mol. The van der Waals surface area contributed by atoms with Crippen molar-refractivity contribution in [3.05, 3.63) is 101 Å². The molecular formula is C29H30N2O3. The van der Waals surface area contributed by atoms with Crippen LogP contribution < -0.4 is 4.74 Å². The maximum absolute atomic E-state index is 11.4. The molecule has 0 spiro atoms. The van der Waals surface area contributed by atoms with E-state index < -0.39 is 5.97 Å². The Bertz CT molecular complexity index is 1290. The molecule has 0 aliphatic carbocycles. The Kier molecular flexibility index (Phi) is 6.12. The van der Waals surface area contributed by atoms with Crippen molar-refractivity contribution in [2.75, 3.05) is 13.7 Å². The standard InChI is InChI=1S/C29H30N2O3/c1-19-16-27(34-2)25(24-12-14-30-28(19)24)18-31-15-13-23(20-6-4-3-5-7-20)17-26(31)21-8-10-22(11-9-21)29(32)33/h3-12,14,16,23,26,30H,13,15,17-18H2,1-2H3,(H,32,33). The van der Waals surface area contributed by atoms with E-state index in [4.69, 9.17) is 4.74 Å². The Labute approximate surface area is 200 Å². The van der Waals surface area contributed by atoms with Gasteiger partial charge in [-0.15, -0.1) is 0 Å². The van der Waals surface area contributed by atoms with Gasteiger partial charge in [-0.05, 0) is 73.2 Å². The Morgan fingerprint density at radius 2 is 1.85 bits per heavy atom. The molecular weight excluding hydrogens is 424 g/mol. The summed E-state index contributed by atoms with van der Waals surface area (Å²) < 4.78 is 5.81. The highest BCUT2D eigenvalue weighted by atomic mass is 16.5. The van der Waals surface area contributed by atoms with Gasteiger partial charge in [-0.25, -0.2) is 4.79 Å². The molecule has 0 amide bonds. The fourth-order valence-corrected chi connectivity index (χ4v) is 5.41. The fraction of sp³-hybridized carbons (Fsp3) is 0.276. The van der Waals surface area contributed by atoms with Crippen molar-refractivity contribution in [2.24, 2.45) is 0 Å². The van der Waals surface area contributed by atoms with E-state index in [1.54, 1.807) is 19.2 Å².